The molecule has 0 saturated carbocycles. The van der Waals surface area contributed by atoms with Gasteiger partial charge in [0.25, 0.3) is 5.91 Å². The molecule has 0 radical (unpaired) electrons. The first kappa shape index (κ1) is 20.6. The van der Waals surface area contributed by atoms with Gasteiger partial charge in [0.1, 0.15) is 12.3 Å². The van der Waals surface area contributed by atoms with Crippen molar-refractivity contribution in [1.82, 2.24) is 15.0 Å². The van der Waals surface area contributed by atoms with Gasteiger partial charge in [-0.25, -0.2) is 0 Å². The second kappa shape index (κ2) is 9.37. The highest BCUT2D eigenvalue weighted by molar-refractivity contribution is 5.77. The van der Waals surface area contributed by atoms with Crippen LogP contribution in [-0.2, 0) is 11.3 Å². The predicted octanol–water partition coefficient (Wildman–Crippen LogP) is 4.42. The second-order valence-corrected chi connectivity index (χ2v) is 7.65. The van der Waals surface area contributed by atoms with Gasteiger partial charge in [-0.1, -0.05) is 66.5 Å². The highest BCUT2D eigenvalue weighted by atomic mass is 16.5. The number of aromatic nitrogens is 2. The number of carbonyl (C=O) groups excluding carboxylic acids is 1. The van der Waals surface area contributed by atoms with E-state index in [-0.39, 0.29) is 19.1 Å². The number of ether oxygens (including phenoxy) is 1. The van der Waals surface area contributed by atoms with Crippen LogP contribution in [0.25, 0.3) is 11.4 Å². The maximum Gasteiger partial charge on any atom is 0.260 e. The van der Waals surface area contributed by atoms with Crippen LogP contribution in [0, 0.1) is 19.8 Å². The lowest BCUT2D eigenvalue weighted by atomic mass is 10.1. The number of hydrogen-bond acceptors (Lipinski definition) is 5. The summed E-state index contributed by atoms with van der Waals surface area (Å²) in [5.74, 6) is 1.79. The van der Waals surface area contributed by atoms with E-state index in [2.05, 4.69) is 24.0 Å². The maximum atomic E-state index is 12.7. The topological polar surface area (TPSA) is 68.5 Å². The third kappa shape index (κ3) is 5.91. The first-order chi connectivity index (χ1) is 13.9. The quantitative estimate of drug-likeness (QED) is 0.567. The zero-order chi connectivity index (χ0) is 20.8. The van der Waals surface area contributed by atoms with E-state index in [1.807, 2.05) is 62.4 Å². The van der Waals surface area contributed by atoms with E-state index in [9.17, 15) is 4.79 Å². The number of rotatable bonds is 8. The molecular weight excluding hydrogens is 366 g/mol. The summed E-state index contributed by atoms with van der Waals surface area (Å²) < 4.78 is 11.0. The Labute approximate surface area is 171 Å². The molecule has 1 amide bonds. The first-order valence-electron chi connectivity index (χ1n) is 9.77. The molecule has 0 aliphatic heterocycles. The zero-order valence-corrected chi connectivity index (χ0v) is 17.4. The van der Waals surface area contributed by atoms with Crippen LogP contribution in [0.2, 0.25) is 0 Å². The third-order valence-electron chi connectivity index (χ3n) is 4.43. The van der Waals surface area contributed by atoms with Gasteiger partial charge in [0.2, 0.25) is 11.7 Å². The first-order valence-corrected chi connectivity index (χ1v) is 9.77. The Balaban J connectivity index is 1.66. The van der Waals surface area contributed by atoms with Gasteiger partial charge in [-0.05, 0) is 31.9 Å². The van der Waals surface area contributed by atoms with Crippen molar-refractivity contribution in [3.8, 4) is 17.1 Å². The fourth-order valence-electron chi connectivity index (χ4n) is 2.87. The van der Waals surface area contributed by atoms with Crippen LogP contribution in [0.5, 0.6) is 5.75 Å². The normalized spacial score (nSPS) is 10.9. The minimum absolute atomic E-state index is 0.0330. The van der Waals surface area contributed by atoms with Gasteiger partial charge in [-0.15, -0.1) is 0 Å². The van der Waals surface area contributed by atoms with E-state index in [0.717, 1.165) is 11.1 Å². The molecule has 0 spiro atoms. The van der Waals surface area contributed by atoms with Crippen molar-refractivity contribution >= 4 is 5.91 Å². The van der Waals surface area contributed by atoms with Gasteiger partial charge in [-0.2, -0.15) is 4.98 Å². The van der Waals surface area contributed by atoms with Crippen LogP contribution in [0.4, 0.5) is 0 Å². The SMILES string of the molecule is Cc1ccc(OCC(=O)N(Cc2nc(-c3ccc(C)cc3)no2)CC(C)C)cc1. The molecule has 6 nitrogen and oxygen atoms in total. The average molecular weight is 393 g/mol. The summed E-state index contributed by atoms with van der Waals surface area (Å²) >= 11 is 0. The van der Waals surface area contributed by atoms with E-state index in [1.165, 1.54) is 5.56 Å². The fraction of sp³-hybridized carbons (Fsp3) is 0.348. The molecule has 6 heteroatoms. The molecule has 29 heavy (non-hydrogen) atoms. The minimum atomic E-state index is -0.116. The van der Waals surface area contributed by atoms with E-state index in [0.29, 0.717) is 29.9 Å². The number of aryl methyl sites for hydroxylation is 2. The molecule has 0 aliphatic rings. The van der Waals surface area contributed by atoms with Crippen LogP contribution >= 0.6 is 0 Å². The Bertz CT molecular complexity index is 931. The summed E-state index contributed by atoms with van der Waals surface area (Å²) in [6, 6.07) is 15.5. The number of hydrogen-bond donors (Lipinski definition) is 0. The summed E-state index contributed by atoms with van der Waals surface area (Å²) in [6.45, 7) is 8.97. The van der Waals surface area contributed by atoms with Crippen molar-refractivity contribution < 1.29 is 14.1 Å². The summed E-state index contributed by atoms with van der Waals surface area (Å²) in [5, 5.41) is 4.05. The molecule has 0 atom stereocenters. The van der Waals surface area contributed by atoms with Gasteiger partial charge in [0, 0.05) is 12.1 Å². The smallest absolute Gasteiger partial charge is 0.260 e. The molecular formula is C23H27N3O3. The number of carbonyl (C=O) groups is 1. The molecule has 0 saturated heterocycles. The predicted molar refractivity (Wildman–Crippen MR) is 111 cm³/mol. The summed E-state index contributed by atoms with van der Waals surface area (Å²) in [6.07, 6.45) is 0. The van der Waals surface area contributed by atoms with Gasteiger partial charge < -0.3 is 14.2 Å². The van der Waals surface area contributed by atoms with Crippen molar-refractivity contribution in [2.24, 2.45) is 5.92 Å². The van der Waals surface area contributed by atoms with Gasteiger partial charge in [0.05, 0.1) is 0 Å². The number of benzene rings is 2. The van der Waals surface area contributed by atoms with Crippen LogP contribution < -0.4 is 4.74 Å². The van der Waals surface area contributed by atoms with Crippen molar-refractivity contribution in [1.29, 1.82) is 0 Å². The van der Waals surface area contributed by atoms with E-state index >= 15 is 0 Å². The molecule has 3 rings (SSSR count). The van der Waals surface area contributed by atoms with Crippen LogP contribution in [0.1, 0.15) is 30.9 Å². The van der Waals surface area contributed by atoms with E-state index in [4.69, 9.17) is 9.26 Å². The monoisotopic (exact) mass is 393 g/mol. The lowest BCUT2D eigenvalue weighted by Gasteiger charge is -2.23. The molecule has 0 N–H and O–H groups in total. The summed E-state index contributed by atoms with van der Waals surface area (Å²) in [5.41, 5.74) is 3.20. The zero-order valence-electron chi connectivity index (χ0n) is 17.4. The molecule has 2 aromatic carbocycles. The Kier molecular flexibility index (Phi) is 6.65. The molecule has 1 heterocycles. The van der Waals surface area contributed by atoms with Crippen molar-refractivity contribution in [2.75, 3.05) is 13.2 Å². The summed E-state index contributed by atoms with van der Waals surface area (Å²) in [7, 11) is 0. The third-order valence-corrected chi connectivity index (χ3v) is 4.43. The maximum absolute atomic E-state index is 12.7. The fourth-order valence-corrected chi connectivity index (χ4v) is 2.87. The molecule has 0 aliphatic carbocycles. The largest absolute Gasteiger partial charge is 0.484 e. The van der Waals surface area contributed by atoms with Gasteiger partial charge in [0.15, 0.2) is 6.61 Å². The molecule has 3 aromatic rings. The van der Waals surface area contributed by atoms with Crippen molar-refractivity contribution in [2.45, 2.75) is 34.2 Å². The number of nitrogens with zero attached hydrogens (tertiary/aromatic N) is 3. The van der Waals surface area contributed by atoms with E-state index < -0.39 is 0 Å². The van der Waals surface area contributed by atoms with Gasteiger partial charge >= 0.3 is 0 Å². The Morgan fingerprint density at radius 3 is 2.28 bits per heavy atom. The highest BCUT2D eigenvalue weighted by Gasteiger charge is 2.20. The average Bonchev–Trinajstić information content (AvgIpc) is 3.15. The Morgan fingerprint density at radius 2 is 1.66 bits per heavy atom. The van der Waals surface area contributed by atoms with Crippen molar-refractivity contribution in [3.05, 3.63) is 65.5 Å². The molecule has 152 valence electrons. The highest BCUT2D eigenvalue weighted by Crippen LogP contribution is 2.18. The van der Waals surface area contributed by atoms with Crippen LogP contribution in [0.3, 0.4) is 0 Å². The standard InChI is InChI=1S/C23H27N3O3/c1-16(2)13-26(22(27)15-28-20-11-7-18(4)8-12-20)14-21-24-23(25-29-21)19-9-5-17(3)6-10-19/h5-12,16H,13-15H2,1-4H3. The molecule has 0 unspecified atom stereocenters. The number of amides is 1. The second-order valence-electron chi connectivity index (χ2n) is 7.65. The summed E-state index contributed by atoms with van der Waals surface area (Å²) in [4.78, 5) is 18.9. The van der Waals surface area contributed by atoms with Crippen molar-refractivity contribution in [3.63, 3.8) is 0 Å². The molecule has 0 bridgehead atoms. The molecule has 0 fully saturated rings. The lowest BCUT2D eigenvalue weighted by Crippen LogP contribution is -2.37. The Morgan fingerprint density at radius 1 is 1.03 bits per heavy atom. The van der Waals surface area contributed by atoms with Crippen LogP contribution in [-0.4, -0.2) is 34.1 Å². The minimum Gasteiger partial charge on any atom is -0.484 e. The van der Waals surface area contributed by atoms with Gasteiger partial charge in [-0.3, -0.25) is 4.79 Å². The lowest BCUT2D eigenvalue weighted by molar-refractivity contribution is -0.134. The van der Waals surface area contributed by atoms with E-state index in [1.54, 1.807) is 4.90 Å². The Hall–Kier alpha value is -3.15. The van der Waals surface area contributed by atoms with Crippen LogP contribution in [0.15, 0.2) is 53.1 Å². The molecule has 1 aromatic heterocycles.